The molecular weight excluding hydrogens is 412 g/mol. The van der Waals surface area contributed by atoms with E-state index in [2.05, 4.69) is 5.32 Å². The molecule has 32 heavy (non-hydrogen) atoms. The first-order valence-electron chi connectivity index (χ1n) is 10.4. The van der Waals surface area contributed by atoms with Crippen LogP contribution < -0.4 is 5.32 Å². The van der Waals surface area contributed by atoms with Crippen molar-refractivity contribution in [3.63, 3.8) is 0 Å². The number of nitrogens with zero attached hydrogens (tertiary/aromatic N) is 1. The minimum Gasteiger partial charge on any atom is -0.444 e. The Hall–Kier alpha value is -3.68. The van der Waals surface area contributed by atoms with E-state index in [1.165, 1.54) is 12.1 Å². The van der Waals surface area contributed by atoms with Crippen LogP contribution in [0.4, 0.5) is 4.79 Å². The molecule has 0 atom stereocenters. The van der Waals surface area contributed by atoms with Crippen LogP contribution in [0, 0.1) is 0 Å². The number of hydrogen-bond acceptors (Lipinski definition) is 6. The Morgan fingerprint density at radius 1 is 0.969 bits per heavy atom. The third-order valence-corrected chi connectivity index (χ3v) is 5.41. The standard InChI is InChI=1S/C24H24N2O6/c1-23(2,3)31-22(30)25-14-15-8-10-16(11-9-15)24(12-13-24)21(29)32-26-19(27)17-6-4-5-7-18(17)20(26)28/h4-11H,12-14H2,1-3H3,(H,25,30). The first-order chi connectivity index (χ1) is 15.1. The lowest BCUT2D eigenvalue weighted by Crippen LogP contribution is -2.37. The van der Waals surface area contributed by atoms with Gasteiger partial charge in [0, 0.05) is 6.54 Å². The Balaban J connectivity index is 1.40. The van der Waals surface area contributed by atoms with E-state index in [-0.39, 0.29) is 17.7 Å². The molecule has 3 amide bonds. The summed E-state index contributed by atoms with van der Waals surface area (Å²) in [6.07, 6.45) is 0.611. The van der Waals surface area contributed by atoms with E-state index in [1.807, 2.05) is 12.1 Å². The van der Waals surface area contributed by atoms with Crippen LogP contribution in [0.25, 0.3) is 0 Å². The molecule has 1 aliphatic heterocycles. The fourth-order valence-electron chi connectivity index (χ4n) is 3.59. The van der Waals surface area contributed by atoms with Crippen molar-refractivity contribution >= 4 is 23.9 Å². The molecule has 1 N–H and O–H groups in total. The minimum absolute atomic E-state index is 0.219. The average Bonchev–Trinajstić information content (AvgIpc) is 3.52. The van der Waals surface area contributed by atoms with Gasteiger partial charge in [-0.3, -0.25) is 9.59 Å². The van der Waals surface area contributed by atoms with Crippen molar-refractivity contribution in [2.75, 3.05) is 0 Å². The smallest absolute Gasteiger partial charge is 0.407 e. The molecule has 0 aromatic heterocycles. The summed E-state index contributed by atoms with van der Waals surface area (Å²) in [7, 11) is 0. The van der Waals surface area contributed by atoms with Crippen LogP contribution in [0.3, 0.4) is 0 Å². The van der Waals surface area contributed by atoms with Gasteiger partial charge in [-0.2, -0.15) is 0 Å². The second-order valence-electron chi connectivity index (χ2n) is 8.96. The predicted octanol–water partition coefficient (Wildman–Crippen LogP) is 3.50. The van der Waals surface area contributed by atoms with Gasteiger partial charge in [-0.1, -0.05) is 41.5 Å². The molecule has 4 rings (SSSR count). The van der Waals surface area contributed by atoms with Gasteiger partial charge in [-0.25, -0.2) is 9.59 Å². The first-order valence-corrected chi connectivity index (χ1v) is 10.4. The number of carbonyl (C=O) groups is 4. The van der Waals surface area contributed by atoms with Gasteiger partial charge in [-0.05, 0) is 56.9 Å². The summed E-state index contributed by atoms with van der Waals surface area (Å²) in [6, 6.07) is 13.6. The average molecular weight is 436 g/mol. The van der Waals surface area contributed by atoms with E-state index >= 15 is 0 Å². The van der Waals surface area contributed by atoms with E-state index in [1.54, 1.807) is 45.0 Å². The van der Waals surface area contributed by atoms with E-state index in [9.17, 15) is 19.2 Å². The Morgan fingerprint density at radius 3 is 2.03 bits per heavy atom. The van der Waals surface area contributed by atoms with E-state index in [0.717, 1.165) is 11.1 Å². The number of nitrogens with one attached hydrogen (secondary N) is 1. The van der Waals surface area contributed by atoms with Crippen molar-refractivity contribution in [3.05, 3.63) is 70.8 Å². The second-order valence-corrected chi connectivity index (χ2v) is 8.96. The number of hydrogen-bond donors (Lipinski definition) is 1. The van der Waals surface area contributed by atoms with Crippen LogP contribution in [0.2, 0.25) is 0 Å². The minimum atomic E-state index is -0.882. The van der Waals surface area contributed by atoms with Gasteiger partial charge in [0.2, 0.25) is 0 Å². The zero-order valence-corrected chi connectivity index (χ0v) is 18.1. The molecule has 1 fully saturated rings. The van der Waals surface area contributed by atoms with Crippen LogP contribution in [0.5, 0.6) is 0 Å². The molecular formula is C24H24N2O6. The third-order valence-electron chi connectivity index (χ3n) is 5.41. The van der Waals surface area contributed by atoms with Crippen LogP contribution in [-0.2, 0) is 26.3 Å². The number of alkyl carbamates (subject to hydrolysis) is 1. The van der Waals surface area contributed by atoms with E-state index < -0.39 is 34.9 Å². The number of carbonyl (C=O) groups excluding carboxylic acids is 4. The molecule has 0 bridgehead atoms. The number of hydroxylamine groups is 2. The topological polar surface area (TPSA) is 102 Å². The van der Waals surface area contributed by atoms with Gasteiger partial charge < -0.3 is 14.9 Å². The summed E-state index contributed by atoms with van der Waals surface area (Å²) in [5.41, 5.74) is 0.553. The molecule has 2 aromatic carbocycles. The highest BCUT2D eigenvalue weighted by molar-refractivity contribution is 6.21. The van der Waals surface area contributed by atoms with Gasteiger partial charge in [0.1, 0.15) is 5.60 Å². The largest absolute Gasteiger partial charge is 0.444 e. The SMILES string of the molecule is CC(C)(C)OC(=O)NCc1ccc(C2(C(=O)ON3C(=O)c4ccccc4C3=O)CC2)cc1. The fraction of sp³-hybridized carbons (Fsp3) is 0.333. The van der Waals surface area contributed by atoms with Crippen LogP contribution in [0.1, 0.15) is 65.5 Å². The molecule has 0 unspecified atom stereocenters. The highest BCUT2D eigenvalue weighted by atomic mass is 16.7. The monoisotopic (exact) mass is 436 g/mol. The Kier molecular flexibility index (Phi) is 5.24. The van der Waals surface area contributed by atoms with Gasteiger partial charge in [0.15, 0.2) is 0 Å². The maximum absolute atomic E-state index is 12.9. The molecule has 1 saturated carbocycles. The lowest BCUT2D eigenvalue weighted by molar-refractivity contribution is -0.171. The van der Waals surface area contributed by atoms with E-state index in [4.69, 9.17) is 9.57 Å². The van der Waals surface area contributed by atoms with Gasteiger partial charge in [0.05, 0.1) is 16.5 Å². The van der Waals surface area contributed by atoms with Crippen molar-refractivity contribution in [2.45, 2.75) is 51.2 Å². The highest BCUT2D eigenvalue weighted by Gasteiger charge is 2.55. The maximum atomic E-state index is 12.9. The van der Waals surface area contributed by atoms with Crippen LogP contribution in [0.15, 0.2) is 48.5 Å². The zero-order valence-electron chi connectivity index (χ0n) is 18.1. The summed E-state index contributed by atoms with van der Waals surface area (Å²) >= 11 is 0. The number of rotatable bonds is 5. The quantitative estimate of drug-likeness (QED) is 0.720. The highest BCUT2D eigenvalue weighted by Crippen LogP contribution is 2.49. The third kappa shape index (κ3) is 4.08. The number of amides is 3. The van der Waals surface area contributed by atoms with Crippen LogP contribution >= 0.6 is 0 Å². The first kappa shape index (κ1) is 21.5. The molecule has 166 valence electrons. The molecule has 8 heteroatoms. The lowest BCUT2D eigenvalue weighted by Gasteiger charge is -2.20. The van der Waals surface area contributed by atoms with Crippen LogP contribution in [-0.4, -0.2) is 34.5 Å². The van der Waals surface area contributed by atoms with Crippen molar-refractivity contribution in [1.29, 1.82) is 0 Å². The van der Waals surface area contributed by atoms with Gasteiger partial charge in [0.25, 0.3) is 11.8 Å². The zero-order chi connectivity index (χ0) is 23.1. The van der Waals surface area contributed by atoms with E-state index in [0.29, 0.717) is 17.9 Å². The summed E-state index contributed by atoms with van der Waals surface area (Å²) < 4.78 is 5.21. The summed E-state index contributed by atoms with van der Waals surface area (Å²) in [5, 5.41) is 3.23. The summed E-state index contributed by atoms with van der Waals surface area (Å²) in [6.45, 7) is 5.65. The number of benzene rings is 2. The predicted molar refractivity (Wildman–Crippen MR) is 113 cm³/mol. The fourth-order valence-corrected chi connectivity index (χ4v) is 3.59. The number of imide groups is 1. The lowest BCUT2D eigenvalue weighted by atomic mass is 9.95. The Labute approximate surface area is 185 Å². The Bertz CT molecular complexity index is 1060. The van der Waals surface area contributed by atoms with Crippen molar-refractivity contribution in [3.8, 4) is 0 Å². The van der Waals surface area contributed by atoms with Crippen molar-refractivity contribution in [2.24, 2.45) is 0 Å². The second kappa shape index (κ2) is 7.78. The normalized spacial score (nSPS) is 16.4. The maximum Gasteiger partial charge on any atom is 0.407 e. The number of fused-ring (bicyclic) bond motifs is 1. The Morgan fingerprint density at radius 2 is 1.53 bits per heavy atom. The molecule has 0 spiro atoms. The molecule has 1 heterocycles. The molecule has 0 radical (unpaired) electrons. The summed E-state index contributed by atoms with van der Waals surface area (Å²) in [4.78, 5) is 54.9. The molecule has 0 saturated heterocycles. The van der Waals surface area contributed by atoms with Crippen molar-refractivity contribution < 1.29 is 28.8 Å². The van der Waals surface area contributed by atoms with Gasteiger partial charge >= 0.3 is 12.1 Å². The van der Waals surface area contributed by atoms with Gasteiger partial charge in [-0.15, -0.1) is 0 Å². The molecule has 2 aromatic rings. The molecule has 8 nitrogen and oxygen atoms in total. The molecule has 2 aliphatic rings. The number of ether oxygens (including phenoxy) is 1. The van der Waals surface area contributed by atoms with Crippen molar-refractivity contribution in [1.82, 2.24) is 10.4 Å². The molecule has 1 aliphatic carbocycles. The summed E-state index contributed by atoms with van der Waals surface area (Å²) in [5.74, 6) is -1.91.